The molecule has 0 radical (unpaired) electrons. The molecule has 0 saturated carbocycles. The second-order valence-corrected chi connectivity index (χ2v) is 5.16. The number of hydrogen-bond donors (Lipinski definition) is 1. The minimum atomic E-state index is 0.602. The van der Waals surface area contributed by atoms with E-state index in [0.29, 0.717) is 17.8 Å². The Labute approximate surface area is 100 Å². The van der Waals surface area contributed by atoms with E-state index >= 15 is 0 Å². The molecule has 2 N–H and O–H groups in total. The van der Waals surface area contributed by atoms with Crippen LogP contribution in [-0.4, -0.2) is 6.54 Å². The first-order valence-electron chi connectivity index (χ1n) is 6.36. The van der Waals surface area contributed by atoms with Crippen LogP contribution in [0.4, 0.5) is 0 Å². The van der Waals surface area contributed by atoms with E-state index in [2.05, 4.69) is 52.0 Å². The first kappa shape index (κ1) is 13.2. The van der Waals surface area contributed by atoms with Gasteiger partial charge in [0.25, 0.3) is 0 Å². The highest BCUT2D eigenvalue weighted by Gasteiger charge is 2.13. The standard InChI is InChI=1S/C15H25N/c1-11(2)14-5-7-15(8-6-14)13(4)12(3)9-10-16/h5-8,11-13H,9-10,16H2,1-4H3. The van der Waals surface area contributed by atoms with Gasteiger partial charge in [-0.15, -0.1) is 0 Å². The molecule has 0 aromatic heterocycles. The van der Waals surface area contributed by atoms with Crippen LogP contribution in [0.5, 0.6) is 0 Å². The molecule has 2 unspecified atom stereocenters. The van der Waals surface area contributed by atoms with E-state index in [1.54, 1.807) is 0 Å². The minimum Gasteiger partial charge on any atom is -0.330 e. The lowest BCUT2D eigenvalue weighted by Gasteiger charge is -2.20. The Balaban J connectivity index is 2.73. The van der Waals surface area contributed by atoms with Gasteiger partial charge in [-0.2, -0.15) is 0 Å². The predicted octanol–water partition coefficient (Wildman–Crippen LogP) is 3.90. The van der Waals surface area contributed by atoms with Crippen molar-refractivity contribution >= 4 is 0 Å². The van der Waals surface area contributed by atoms with Crippen LogP contribution in [0.25, 0.3) is 0 Å². The van der Waals surface area contributed by atoms with E-state index in [1.807, 2.05) is 0 Å². The van der Waals surface area contributed by atoms with Crippen molar-refractivity contribution in [2.45, 2.75) is 46.0 Å². The third-order valence-electron chi connectivity index (χ3n) is 3.60. The number of nitrogens with two attached hydrogens (primary N) is 1. The van der Waals surface area contributed by atoms with Gasteiger partial charge in [-0.1, -0.05) is 52.0 Å². The van der Waals surface area contributed by atoms with Crippen molar-refractivity contribution in [2.24, 2.45) is 11.7 Å². The number of hydrogen-bond acceptors (Lipinski definition) is 1. The molecule has 0 heterocycles. The lowest BCUT2D eigenvalue weighted by atomic mass is 9.86. The maximum Gasteiger partial charge on any atom is -0.00745 e. The topological polar surface area (TPSA) is 26.0 Å². The predicted molar refractivity (Wildman–Crippen MR) is 71.8 cm³/mol. The Hall–Kier alpha value is -0.820. The summed E-state index contributed by atoms with van der Waals surface area (Å²) in [6.45, 7) is 9.83. The van der Waals surface area contributed by atoms with Crippen molar-refractivity contribution in [1.29, 1.82) is 0 Å². The Bertz CT molecular complexity index is 300. The molecule has 0 amide bonds. The SMILES string of the molecule is CC(C)c1ccc(C(C)C(C)CCN)cc1. The molecule has 0 saturated heterocycles. The first-order valence-corrected chi connectivity index (χ1v) is 6.36. The van der Waals surface area contributed by atoms with Gasteiger partial charge in [0.15, 0.2) is 0 Å². The van der Waals surface area contributed by atoms with Crippen LogP contribution in [0.1, 0.15) is 57.1 Å². The molecule has 2 atom stereocenters. The molecule has 1 nitrogen and oxygen atoms in total. The van der Waals surface area contributed by atoms with Gasteiger partial charge in [0.2, 0.25) is 0 Å². The van der Waals surface area contributed by atoms with Gasteiger partial charge >= 0.3 is 0 Å². The summed E-state index contributed by atoms with van der Waals surface area (Å²) in [4.78, 5) is 0. The molecule has 1 aromatic carbocycles. The molecule has 0 spiro atoms. The lowest BCUT2D eigenvalue weighted by molar-refractivity contribution is 0.459. The van der Waals surface area contributed by atoms with Gasteiger partial charge in [-0.25, -0.2) is 0 Å². The molecule has 0 aliphatic heterocycles. The molecule has 0 aliphatic rings. The zero-order valence-corrected chi connectivity index (χ0v) is 11.0. The summed E-state index contributed by atoms with van der Waals surface area (Å²) in [5.74, 6) is 1.88. The van der Waals surface area contributed by atoms with Gasteiger partial charge in [0.1, 0.15) is 0 Å². The lowest BCUT2D eigenvalue weighted by Crippen LogP contribution is -2.12. The van der Waals surface area contributed by atoms with Crippen LogP contribution < -0.4 is 5.73 Å². The maximum absolute atomic E-state index is 5.61. The monoisotopic (exact) mass is 219 g/mol. The molecular weight excluding hydrogens is 194 g/mol. The summed E-state index contributed by atoms with van der Waals surface area (Å²) in [6, 6.07) is 9.05. The summed E-state index contributed by atoms with van der Waals surface area (Å²) in [5, 5.41) is 0. The average molecular weight is 219 g/mol. The van der Waals surface area contributed by atoms with Gasteiger partial charge in [0.05, 0.1) is 0 Å². The highest BCUT2D eigenvalue weighted by molar-refractivity contribution is 5.27. The second-order valence-electron chi connectivity index (χ2n) is 5.16. The van der Waals surface area contributed by atoms with Gasteiger partial charge in [-0.3, -0.25) is 0 Å². The van der Waals surface area contributed by atoms with Crippen LogP contribution in [0.2, 0.25) is 0 Å². The number of rotatable bonds is 5. The zero-order chi connectivity index (χ0) is 12.1. The van der Waals surface area contributed by atoms with E-state index in [4.69, 9.17) is 5.73 Å². The van der Waals surface area contributed by atoms with Crippen LogP contribution in [0.15, 0.2) is 24.3 Å². The van der Waals surface area contributed by atoms with Crippen molar-refractivity contribution in [3.05, 3.63) is 35.4 Å². The highest BCUT2D eigenvalue weighted by atomic mass is 14.5. The molecule has 1 heteroatoms. The van der Waals surface area contributed by atoms with Gasteiger partial charge < -0.3 is 5.73 Å². The van der Waals surface area contributed by atoms with Crippen LogP contribution in [0, 0.1) is 5.92 Å². The summed E-state index contributed by atoms with van der Waals surface area (Å²) in [7, 11) is 0. The van der Waals surface area contributed by atoms with E-state index in [0.717, 1.165) is 13.0 Å². The second kappa shape index (κ2) is 6.05. The summed E-state index contributed by atoms with van der Waals surface area (Å²) >= 11 is 0. The molecule has 16 heavy (non-hydrogen) atoms. The fourth-order valence-electron chi connectivity index (χ4n) is 2.03. The van der Waals surface area contributed by atoms with E-state index in [1.165, 1.54) is 11.1 Å². The third kappa shape index (κ3) is 3.34. The fourth-order valence-corrected chi connectivity index (χ4v) is 2.03. The van der Waals surface area contributed by atoms with Crippen molar-refractivity contribution < 1.29 is 0 Å². The quantitative estimate of drug-likeness (QED) is 0.798. The molecule has 90 valence electrons. The van der Waals surface area contributed by atoms with Crippen molar-refractivity contribution in [2.75, 3.05) is 6.54 Å². The van der Waals surface area contributed by atoms with Crippen LogP contribution in [-0.2, 0) is 0 Å². The zero-order valence-electron chi connectivity index (χ0n) is 11.0. The smallest absolute Gasteiger partial charge is 0.00745 e. The number of benzene rings is 1. The van der Waals surface area contributed by atoms with Crippen molar-refractivity contribution in [3.63, 3.8) is 0 Å². The van der Waals surface area contributed by atoms with E-state index in [-0.39, 0.29) is 0 Å². The third-order valence-corrected chi connectivity index (χ3v) is 3.60. The van der Waals surface area contributed by atoms with Gasteiger partial charge in [-0.05, 0) is 41.8 Å². The maximum atomic E-state index is 5.61. The van der Waals surface area contributed by atoms with Crippen molar-refractivity contribution in [1.82, 2.24) is 0 Å². The molecule has 0 aliphatic carbocycles. The minimum absolute atomic E-state index is 0.602. The molecule has 1 aromatic rings. The van der Waals surface area contributed by atoms with Gasteiger partial charge in [0, 0.05) is 0 Å². The Morgan fingerprint density at radius 2 is 1.44 bits per heavy atom. The first-order chi connectivity index (χ1) is 7.56. The summed E-state index contributed by atoms with van der Waals surface area (Å²) in [5.41, 5.74) is 8.46. The van der Waals surface area contributed by atoms with Crippen LogP contribution in [0.3, 0.4) is 0 Å². The Kier molecular flexibility index (Phi) is 5.01. The molecule has 0 fully saturated rings. The molecule has 1 rings (SSSR count). The summed E-state index contributed by atoms with van der Waals surface area (Å²) in [6.07, 6.45) is 1.10. The summed E-state index contributed by atoms with van der Waals surface area (Å²) < 4.78 is 0. The Morgan fingerprint density at radius 3 is 1.88 bits per heavy atom. The average Bonchev–Trinajstić information content (AvgIpc) is 2.28. The normalized spacial score (nSPS) is 15.1. The van der Waals surface area contributed by atoms with Crippen molar-refractivity contribution in [3.8, 4) is 0 Å². The molecular formula is C15H25N. The molecule has 0 bridgehead atoms. The highest BCUT2D eigenvalue weighted by Crippen LogP contribution is 2.27. The Morgan fingerprint density at radius 1 is 0.938 bits per heavy atom. The van der Waals surface area contributed by atoms with Crippen LogP contribution >= 0.6 is 0 Å². The van der Waals surface area contributed by atoms with E-state index in [9.17, 15) is 0 Å². The fraction of sp³-hybridized carbons (Fsp3) is 0.600. The largest absolute Gasteiger partial charge is 0.330 e. The van der Waals surface area contributed by atoms with E-state index < -0.39 is 0 Å².